The van der Waals surface area contributed by atoms with Gasteiger partial charge in [0.15, 0.2) is 0 Å². The Morgan fingerprint density at radius 3 is 2.29 bits per heavy atom. The minimum absolute atomic E-state index is 0.147. The summed E-state index contributed by atoms with van der Waals surface area (Å²) in [4.78, 5) is 4.75. The fourth-order valence-electron chi connectivity index (χ4n) is 2.99. The van der Waals surface area contributed by atoms with Gasteiger partial charge in [-0.25, -0.2) is 4.98 Å². The van der Waals surface area contributed by atoms with Crippen LogP contribution in [0.2, 0.25) is 0 Å². The van der Waals surface area contributed by atoms with Crippen LogP contribution in [0.4, 0.5) is 0 Å². The number of nitrogens with zero attached hydrogens (tertiary/aromatic N) is 2. The van der Waals surface area contributed by atoms with E-state index in [9.17, 15) is 0 Å². The molecule has 2 rings (SSSR count). The Labute approximate surface area is 105 Å². The number of hydrogen-bond acceptors (Lipinski definition) is 1. The van der Waals surface area contributed by atoms with E-state index in [-0.39, 0.29) is 5.54 Å². The van der Waals surface area contributed by atoms with Crippen LogP contribution in [0.5, 0.6) is 0 Å². The second-order valence-electron chi connectivity index (χ2n) is 6.68. The van der Waals surface area contributed by atoms with Crippen molar-refractivity contribution in [2.75, 3.05) is 0 Å². The van der Waals surface area contributed by atoms with E-state index in [2.05, 4.69) is 45.4 Å². The van der Waals surface area contributed by atoms with Gasteiger partial charge in [0.05, 0.1) is 0 Å². The molecule has 0 spiro atoms. The average molecular weight is 234 g/mol. The molecule has 1 aliphatic carbocycles. The maximum atomic E-state index is 4.75. The molecule has 1 aliphatic rings. The molecule has 1 aromatic rings. The topological polar surface area (TPSA) is 17.8 Å². The van der Waals surface area contributed by atoms with Gasteiger partial charge in [-0.15, -0.1) is 0 Å². The molecule has 1 heterocycles. The van der Waals surface area contributed by atoms with Crippen molar-refractivity contribution in [1.29, 1.82) is 0 Å². The van der Waals surface area contributed by atoms with Crippen molar-refractivity contribution in [3.8, 4) is 0 Å². The number of aromatic nitrogens is 2. The summed E-state index contributed by atoms with van der Waals surface area (Å²) in [6.45, 7) is 11.4. The van der Waals surface area contributed by atoms with Crippen LogP contribution >= 0.6 is 0 Å². The van der Waals surface area contributed by atoms with Gasteiger partial charge in [0.25, 0.3) is 0 Å². The zero-order chi connectivity index (χ0) is 12.6. The Hall–Kier alpha value is -0.790. The number of imidazole rings is 1. The van der Waals surface area contributed by atoms with E-state index in [1.807, 2.05) is 0 Å². The molecule has 0 saturated heterocycles. The second kappa shape index (κ2) is 4.47. The summed E-state index contributed by atoms with van der Waals surface area (Å²) in [7, 11) is 0. The van der Waals surface area contributed by atoms with Crippen molar-refractivity contribution in [1.82, 2.24) is 9.55 Å². The Kier molecular flexibility index (Phi) is 3.33. The van der Waals surface area contributed by atoms with E-state index >= 15 is 0 Å². The highest BCUT2D eigenvalue weighted by Crippen LogP contribution is 2.37. The Balaban J connectivity index is 2.45. The molecule has 0 aromatic carbocycles. The van der Waals surface area contributed by atoms with Gasteiger partial charge < -0.3 is 4.57 Å². The molecule has 0 N–H and O–H groups in total. The SMILES string of the molecule is CC(C)c1cnc(C2CCCC2)n1C(C)(C)C. The maximum absolute atomic E-state index is 4.75. The van der Waals surface area contributed by atoms with Crippen molar-refractivity contribution in [3.63, 3.8) is 0 Å². The monoisotopic (exact) mass is 234 g/mol. The van der Waals surface area contributed by atoms with Gasteiger partial charge in [-0.05, 0) is 39.5 Å². The molecular weight excluding hydrogens is 208 g/mol. The third-order valence-corrected chi connectivity index (χ3v) is 3.80. The number of hydrogen-bond donors (Lipinski definition) is 0. The predicted molar refractivity (Wildman–Crippen MR) is 72.5 cm³/mol. The maximum Gasteiger partial charge on any atom is 0.112 e. The molecule has 0 bridgehead atoms. The summed E-state index contributed by atoms with van der Waals surface area (Å²) in [5.74, 6) is 2.58. The summed E-state index contributed by atoms with van der Waals surface area (Å²) in [6.07, 6.45) is 7.50. The normalized spacial score (nSPS) is 18.2. The van der Waals surface area contributed by atoms with E-state index in [1.54, 1.807) is 0 Å². The van der Waals surface area contributed by atoms with E-state index in [4.69, 9.17) is 4.98 Å². The molecule has 0 unspecified atom stereocenters. The molecular formula is C15H26N2. The summed E-state index contributed by atoms with van der Waals surface area (Å²) in [5, 5.41) is 0. The smallest absolute Gasteiger partial charge is 0.112 e. The van der Waals surface area contributed by atoms with Gasteiger partial charge in [0.1, 0.15) is 5.82 Å². The van der Waals surface area contributed by atoms with Crippen LogP contribution in [0, 0.1) is 0 Å². The van der Waals surface area contributed by atoms with Gasteiger partial charge in [-0.1, -0.05) is 26.7 Å². The zero-order valence-corrected chi connectivity index (χ0v) is 12.0. The predicted octanol–water partition coefficient (Wildman–Crippen LogP) is 4.42. The average Bonchev–Trinajstić information content (AvgIpc) is 2.85. The molecule has 0 aliphatic heterocycles. The zero-order valence-electron chi connectivity index (χ0n) is 12.0. The molecule has 0 atom stereocenters. The van der Waals surface area contributed by atoms with E-state index < -0.39 is 0 Å². The third kappa shape index (κ3) is 2.41. The summed E-state index contributed by atoms with van der Waals surface area (Å²) in [6, 6.07) is 0. The lowest BCUT2D eigenvalue weighted by Gasteiger charge is -2.29. The van der Waals surface area contributed by atoms with Gasteiger partial charge >= 0.3 is 0 Å². The Morgan fingerprint density at radius 1 is 1.24 bits per heavy atom. The lowest BCUT2D eigenvalue weighted by atomic mass is 10.0. The Morgan fingerprint density at radius 2 is 1.82 bits per heavy atom. The van der Waals surface area contributed by atoms with Crippen LogP contribution in [0.15, 0.2) is 6.20 Å². The first-order valence-electron chi connectivity index (χ1n) is 6.99. The quantitative estimate of drug-likeness (QED) is 0.740. The Bertz CT molecular complexity index is 376. The van der Waals surface area contributed by atoms with E-state index in [0.717, 1.165) is 0 Å². The molecule has 2 nitrogen and oxygen atoms in total. The highest BCUT2D eigenvalue weighted by Gasteiger charge is 2.28. The first kappa shape index (κ1) is 12.7. The number of rotatable bonds is 2. The van der Waals surface area contributed by atoms with Crippen molar-refractivity contribution in [2.24, 2.45) is 0 Å². The highest BCUT2D eigenvalue weighted by atomic mass is 15.1. The van der Waals surface area contributed by atoms with Gasteiger partial charge in [-0.3, -0.25) is 0 Å². The fourth-order valence-corrected chi connectivity index (χ4v) is 2.99. The minimum Gasteiger partial charge on any atom is -0.326 e. The van der Waals surface area contributed by atoms with Crippen LogP contribution in [-0.4, -0.2) is 9.55 Å². The van der Waals surface area contributed by atoms with Crippen LogP contribution in [0.25, 0.3) is 0 Å². The minimum atomic E-state index is 0.147. The molecule has 1 saturated carbocycles. The van der Waals surface area contributed by atoms with Crippen LogP contribution in [0.1, 0.15) is 83.7 Å². The van der Waals surface area contributed by atoms with Gasteiger partial charge in [0.2, 0.25) is 0 Å². The summed E-state index contributed by atoms with van der Waals surface area (Å²) >= 11 is 0. The fraction of sp³-hybridized carbons (Fsp3) is 0.800. The standard InChI is InChI=1S/C15H26N2/c1-11(2)13-10-16-14(12-8-6-7-9-12)17(13)15(3,4)5/h10-12H,6-9H2,1-5H3. The molecule has 17 heavy (non-hydrogen) atoms. The first-order valence-corrected chi connectivity index (χ1v) is 6.99. The molecule has 96 valence electrons. The molecule has 2 heteroatoms. The highest BCUT2D eigenvalue weighted by molar-refractivity contribution is 5.16. The van der Waals surface area contributed by atoms with Crippen LogP contribution < -0.4 is 0 Å². The van der Waals surface area contributed by atoms with E-state index in [1.165, 1.54) is 37.2 Å². The van der Waals surface area contributed by atoms with Crippen molar-refractivity contribution in [2.45, 2.75) is 77.7 Å². The third-order valence-electron chi connectivity index (χ3n) is 3.80. The van der Waals surface area contributed by atoms with Crippen molar-refractivity contribution in [3.05, 3.63) is 17.7 Å². The van der Waals surface area contributed by atoms with Crippen LogP contribution in [-0.2, 0) is 5.54 Å². The summed E-state index contributed by atoms with van der Waals surface area (Å²) < 4.78 is 2.49. The molecule has 0 amide bonds. The molecule has 1 fully saturated rings. The van der Waals surface area contributed by atoms with Crippen LogP contribution in [0.3, 0.4) is 0 Å². The summed E-state index contributed by atoms with van der Waals surface area (Å²) in [5.41, 5.74) is 1.54. The molecule has 0 radical (unpaired) electrons. The molecule has 1 aromatic heterocycles. The first-order chi connectivity index (χ1) is 7.91. The second-order valence-corrected chi connectivity index (χ2v) is 6.68. The lowest BCUT2D eigenvalue weighted by molar-refractivity contribution is 0.356. The van der Waals surface area contributed by atoms with Crippen molar-refractivity contribution < 1.29 is 0 Å². The lowest BCUT2D eigenvalue weighted by Crippen LogP contribution is -2.27. The largest absolute Gasteiger partial charge is 0.326 e. The van der Waals surface area contributed by atoms with E-state index in [0.29, 0.717) is 11.8 Å². The van der Waals surface area contributed by atoms with Gasteiger partial charge in [-0.2, -0.15) is 0 Å². The van der Waals surface area contributed by atoms with Crippen molar-refractivity contribution >= 4 is 0 Å². The van der Waals surface area contributed by atoms with Gasteiger partial charge in [0, 0.05) is 23.3 Å².